The number of rotatable bonds is 3. The zero-order valence-electron chi connectivity index (χ0n) is 13.2. The van der Waals surface area contributed by atoms with Gasteiger partial charge in [0.2, 0.25) is 0 Å². The molecule has 0 radical (unpaired) electrons. The molecule has 7 heteroatoms. The van der Waals surface area contributed by atoms with Crippen LogP contribution < -0.4 is 5.32 Å². The topological polar surface area (TPSA) is 75.6 Å². The van der Waals surface area contributed by atoms with Gasteiger partial charge in [0.15, 0.2) is 0 Å². The SMILES string of the molecule is CC(C)(C)OC(=O)NC1CC(C(=O)O)(c2cc(F)cc(F)c2)C1. The van der Waals surface area contributed by atoms with Crippen molar-refractivity contribution in [1.82, 2.24) is 5.32 Å². The number of carboxylic acid groups (broad SMARTS) is 1. The molecule has 0 spiro atoms. The van der Waals surface area contributed by atoms with Crippen molar-refractivity contribution >= 4 is 12.1 Å². The zero-order valence-corrected chi connectivity index (χ0v) is 13.2. The Balaban J connectivity index is 2.10. The van der Waals surface area contributed by atoms with Gasteiger partial charge in [0.25, 0.3) is 0 Å². The maximum atomic E-state index is 13.4. The minimum Gasteiger partial charge on any atom is -0.481 e. The zero-order chi connectivity index (χ0) is 17.4. The third-order valence-electron chi connectivity index (χ3n) is 3.74. The van der Waals surface area contributed by atoms with Gasteiger partial charge in [-0.1, -0.05) is 0 Å². The molecule has 1 aliphatic rings. The number of hydrogen-bond donors (Lipinski definition) is 2. The van der Waals surface area contributed by atoms with Crippen molar-refractivity contribution in [1.29, 1.82) is 0 Å². The Bertz CT molecular complexity index is 613. The number of amides is 1. The number of nitrogens with one attached hydrogen (secondary N) is 1. The fourth-order valence-corrected chi connectivity index (χ4v) is 2.72. The Morgan fingerprint density at radius 3 is 2.17 bits per heavy atom. The second kappa shape index (κ2) is 5.79. The van der Waals surface area contributed by atoms with E-state index in [2.05, 4.69) is 5.32 Å². The average Bonchev–Trinajstić information content (AvgIpc) is 2.28. The minimum absolute atomic E-state index is 0.0461. The number of ether oxygens (including phenoxy) is 1. The lowest BCUT2D eigenvalue weighted by molar-refractivity contribution is -0.148. The second-order valence-corrected chi connectivity index (χ2v) is 6.80. The molecule has 126 valence electrons. The van der Waals surface area contributed by atoms with E-state index >= 15 is 0 Å². The predicted molar refractivity (Wildman–Crippen MR) is 78.1 cm³/mol. The van der Waals surface area contributed by atoms with Gasteiger partial charge in [-0.15, -0.1) is 0 Å². The highest BCUT2D eigenvalue weighted by Crippen LogP contribution is 2.44. The van der Waals surface area contributed by atoms with Crippen molar-refractivity contribution in [2.45, 2.75) is 50.7 Å². The molecule has 1 amide bonds. The van der Waals surface area contributed by atoms with Gasteiger partial charge in [-0.05, 0) is 51.3 Å². The van der Waals surface area contributed by atoms with Crippen molar-refractivity contribution in [3.05, 3.63) is 35.4 Å². The van der Waals surface area contributed by atoms with Crippen molar-refractivity contribution in [2.75, 3.05) is 0 Å². The smallest absolute Gasteiger partial charge is 0.407 e. The average molecular weight is 327 g/mol. The quantitative estimate of drug-likeness (QED) is 0.895. The van der Waals surface area contributed by atoms with Crippen molar-refractivity contribution in [3.63, 3.8) is 0 Å². The third kappa shape index (κ3) is 3.78. The highest BCUT2D eigenvalue weighted by atomic mass is 19.1. The van der Waals surface area contributed by atoms with E-state index in [0.29, 0.717) is 6.07 Å². The highest BCUT2D eigenvalue weighted by Gasteiger charge is 2.52. The number of carboxylic acids is 1. The molecular weight excluding hydrogens is 308 g/mol. The van der Waals surface area contributed by atoms with Crippen LogP contribution in [0.1, 0.15) is 39.2 Å². The molecule has 0 unspecified atom stereocenters. The molecule has 1 aliphatic carbocycles. The lowest BCUT2D eigenvalue weighted by Gasteiger charge is -2.44. The molecule has 0 heterocycles. The molecule has 0 bridgehead atoms. The normalized spacial score (nSPS) is 23.8. The summed E-state index contributed by atoms with van der Waals surface area (Å²) in [5.74, 6) is -2.84. The first-order valence-corrected chi connectivity index (χ1v) is 7.21. The molecule has 23 heavy (non-hydrogen) atoms. The van der Waals surface area contributed by atoms with Gasteiger partial charge in [0, 0.05) is 12.1 Å². The Morgan fingerprint density at radius 1 is 1.22 bits per heavy atom. The van der Waals surface area contributed by atoms with Gasteiger partial charge in [-0.25, -0.2) is 13.6 Å². The van der Waals surface area contributed by atoms with Crippen LogP contribution in [0.25, 0.3) is 0 Å². The second-order valence-electron chi connectivity index (χ2n) is 6.80. The number of carbonyl (C=O) groups is 2. The van der Waals surface area contributed by atoms with Crippen LogP contribution >= 0.6 is 0 Å². The van der Waals surface area contributed by atoms with E-state index in [1.807, 2.05) is 0 Å². The van der Waals surface area contributed by atoms with Crippen molar-refractivity contribution in [2.24, 2.45) is 0 Å². The molecule has 1 aromatic rings. The number of carbonyl (C=O) groups excluding carboxylic acids is 1. The van der Waals surface area contributed by atoms with Gasteiger partial charge >= 0.3 is 12.1 Å². The van der Waals surface area contributed by atoms with Gasteiger partial charge in [-0.2, -0.15) is 0 Å². The highest BCUT2D eigenvalue weighted by molar-refractivity contribution is 5.83. The first-order valence-electron chi connectivity index (χ1n) is 7.21. The van der Waals surface area contributed by atoms with E-state index in [4.69, 9.17) is 4.74 Å². The van der Waals surface area contributed by atoms with Crippen LogP contribution in [0, 0.1) is 11.6 Å². The number of hydrogen-bond acceptors (Lipinski definition) is 3. The van der Waals surface area contributed by atoms with E-state index in [1.54, 1.807) is 20.8 Å². The van der Waals surface area contributed by atoms with E-state index < -0.39 is 40.8 Å². The third-order valence-corrected chi connectivity index (χ3v) is 3.74. The fourth-order valence-electron chi connectivity index (χ4n) is 2.72. The molecule has 0 aliphatic heterocycles. The minimum atomic E-state index is -1.40. The maximum Gasteiger partial charge on any atom is 0.407 e. The summed E-state index contributed by atoms with van der Waals surface area (Å²) in [6, 6.07) is 2.29. The Morgan fingerprint density at radius 2 is 1.74 bits per heavy atom. The van der Waals surface area contributed by atoms with Crippen LogP contribution in [0.5, 0.6) is 0 Å². The van der Waals surface area contributed by atoms with Crippen LogP contribution in [0.15, 0.2) is 18.2 Å². The fraction of sp³-hybridized carbons (Fsp3) is 0.500. The first kappa shape index (κ1) is 17.2. The molecule has 5 nitrogen and oxygen atoms in total. The summed E-state index contributed by atoms with van der Waals surface area (Å²) in [5.41, 5.74) is -2.00. The lowest BCUT2D eigenvalue weighted by Crippen LogP contribution is -2.57. The molecule has 0 saturated heterocycles. The van der Waals surface area contributed by atoms with Crippen LogP contribution in [0.2, 0.25) is 0 Å². The van der Waals surface area contributed by atoms with Crippen molar-refractivity contribution < 1.29 is 28.2 Å². The van der Waals surface area contributed by atoms with Crippen molar-refractivity contribution in [3.8, 4) is 0 Å². The summed E-state index contributed by atoms with van der Waals surface area (Å²) in [7, 11) is 0. The number of benzene rings is 1. The van der Waals surface area contributed by atoms with E-state index in [-0.39, 0.29) is 18.4 Å². The van der Waals surface area contributed by atoms with E-state index in [9.17, 15) is 23.5 Å². The predicted octanol–water partition coefficient (Wildman–Crippen LogP) is 2.97. The van der Waals surface area contributed by atoms with Gasteiger partial charge in [0.05, 0.1) is 5.41 Å². The Kier molecular flexibility index (Phi) is 4.32. The standard InChI is InChI=1S/C16H19F2NO4/c1-15(2,3)23-14(22)19-12-7-16(8-12,13(20)21)9-4-10(17)6-11(18)5-9/h4-6,12H,7-8H2,1-3H3,(H,19,22)(H,20,21). The summed E-state index contributed by atoms with van der Waals surface area (Å²) >= 11 is 0. The molecule has 2 rings (SSSR count). The number of aliphatic carboxylic acids is 1. The summed E-state index contributed by atoms with van der Waals surface area (Å²) in [6.07, 6.45) is -0.554. The molecule has 2 N–H and O–H groups in total. The summed E-state index contributed by atoms with van der Waals surface area (Å²) in [4.78, 5) is 23.3. The Hall–Kier alpha value is -2.18. The van der Waals surface area contributed by atoms with E-state index in [0.717, 1.165) is 12.1 Å². The number of alkyl carbamates (subject to hydrolysis) is 1. The summed E-state index contributed by atoms with van der Waals surface area (Å²) < 4.78 is 31.8. The molecule has 1 fully saturated rings. The maximum absolute atomic E-state index is 13.4. The van der Waals surface area contributed by atoms with Crippen LogP contribution in [-0.4, -0.2) is 28.8 Å². The van der Waals surface area contributed by atoms with Crippen LogP contribution in [-0.2, 0) is 14.9 Å². The van der Waals surface area contributed by atoms with Crippen LogP contribution in [0.3, 0.4) is 0 Å². The molecule has 0 atom stereocenters. The molecule has 1 aromatic carbocycles. The number of halogens is 2. The summed E-state index contributed by atoms with van der Waals surface area (Å²) in [5, 5.41) is 12.0. The monoisotopic (exact) mass is 327 g/mol. The van der Waals surface area contributed by atoms with E-state index in [1.165, 1.54) is 0 Å². The molecule has 1 saturated carbocycles. The summed E-state index contributed by atoms with van der Waals surface area (Å²) in [6.45, 7) is 5.14. The van der Waals surface area contributed by atoms with Gasteiger partial charge in [0.1, 0.15) is 17.2 Å². The first-order chi connectivity index (χ1) is 10.5. The Labute approximate surface area is 132 Å². The largest absolute Gasteiger partial charge is 0.481 e. The molecule has 0 aromatic heterocycles. The van der Waals surface area contributed by atoms with Gasteiger partial charge in [-0.3, -0.25) is 4.79 Å². The lowest BCUT2D eigenvalue weighted by atomic mass is 9.61. The van der Waals surface area contributed by atoms with Crippen LogP contribution in [0.4, 0.5) is 13.6 Å². The molecular formula is C16H19F2NO4. The van der Waals surface area contributed by atoms with Gasteiger partial charge < -0.3 is 15.2 Å².